The zero-order valence-electron chi connectivity index (χ0n) is 12.4. The molecule has 1 heterocycles. The lowest BCUT2D eigenvalue weighted by Crippen LogP contribution is -2.18. The highest BCUT2D eigenvalue weighted by atomic mass is 16.5. The third-order valence-corrected chi connectivity index (χ3v) is 4.49. The van der Waals surface area contributed by atoms with E-state index in [1.807, 2.05) is 0 Å². The molecule has 19 heavy (non-hydrogen) atoms. The monoisotopic (exact) mass is 265 g/mol. The molecule has 0 amide bonds. The van der Waals surface area contributed by atoms with Gasteiger partial charge in [-0.1, -0.05) is 25.9 Å². The summed E-state index contributed by atoms with van der Waals surface area (Å²) >= 11 is 0. The van der Waals surface area contributed by atoms with Crippen LogP contribution in [0.4, 0.5) is 0 Å². The molecule has 2 rings (SSSR count). The van der Waals surface area contributed by atoms with Gasteiger partial charge in [-0.15, -0.1) is 0 Å². The Hall–Kier alpha value is -0.900. The molecule has 0 saturated heterocycles. The van der Waals surface area contributed by atoms with Crippen molar-refractivity contribution in [2.75, 3.05) is 6.54 Å². The second-order valence-electron chi connectivity index (χ2n) is 6.45. The van der Waals surface area contributed by atoms with E-state index in [1.54, 1.807) is 0 Å². The fourth-order valence-corrected chi connectivity index (χ4v) is 2.94. The van der Waals surface area contributed by atoms with E-state index in [0.29, 0.717) is 18.4 Å². The van der Waals surface area contributed by atoms with Crippen molar-refractivity contribution in [2.45, 2.75) is 58.8 Å². The van der Waals surface area contributed by atoms with Crippen LogP contribution < -0.4 is 5.73 Å². The third kappa shape index (κ3) is 3.78. The van der Waals surface area contributed by atoms with Crippen LogP contribution >= 0.6 is 0 Å². The summed E-state index contributed by atoms with van der Waals surface area (Å²) in [6.07, 6.45) is 5.80. The number of hydrogen-bond donors (Lipinski definition) is 1. The molecular weight excluding hydrogens is 238 g/mol. The minimum atomic E-state index is 0.407. The van der Waals surface area contributed by atoms with Crippen LogP contribution in [0.3, 0.4) is 0 Å². The largest absolute Gasteiger partial charge is 0.339 e. The van der Waals surface area contributed by atoms with Gasteiger partial charge < -0.3 is 10.3 Å². The third-order valence-electron chi connectivity index (χ3n) is 4.49. The van der Waals surface area contributed by atoms with E-state index in [4.69, 9.17) is 10.3 Å². The Bertz CT molecular complexity index is 380. The lowest BCUT2D eigenvalue weighted by Gasteiger charge is -2.29. The first kappa shape index (κ1) is 14.5. The molecule has 0 spiro atoms. The zero-order chi connectivity index (χ0) is 13.8. The minimum Gasteiger partial charge on any atom is -0.339 e. The number of hydrogen-bond acceptors (Lipinski definition) is 4. The summed E-state index contributed by atoms with van der Waals surface area (Å²) in [7, 11) is 0. The summed E-state index contributed by atoms with van der Waals surface area (Å²) in [5, 5.41) is 4.17. The van der Waals surface area contributed by atoms with Gasteiger partial charge in [-0.3, -0.25) is 0 Å². The number of rotatable bonds is 5. The predicted octanol–water partition coefficient (Wildman–Crippen LogP) is 3.14. The van der Waals surface area contributed by atoms with E-state index in [9.17, 15) is 0 Å². The standard InChI is InChI=1S/C15H27N3O/c1-10(2)12-4-6-13(7-5-12)15-17-14(19-18-15)8-11(3)9-16/h10-13H,4-9,16H2,1-3H3. The van der Waals surface area contributed by atoms with Crippen LogP contribution in [-0.4, -0.2) is 16.7 Å². The molecule has 1 aromatic rings. The average Bonchev–Trinajstić information content (AvgIpc) is 2.87. The average molecular weight is 265 g/mol. The molecule has 108 valence electrons. The molecule has 0 bridgehead atoms. The van der Waals surface area contributed by atoms with Gasteiger partial charge in [0.1, 0.15) is 0 Å². The predicted molar refractivity (Wildman–Crippen MR) is 75.8 cm³/mol. The molecule has 1 aromatic heterocycles. The fourth-order valence-electron chi connectivity index (χ4n) is 2.94. The zero-order valence-corrected chi connectivity index (χ0v) is 12.4. The van der Waals surface area contributed by atoms with Gasteiger partial charge in [-0.25, -0.2) is 0 Å². The summed E-state index contributed by atoms with van der Waals surface area (Å²) in [4.78, 5) is 4.56. The Kier molecular flexibility index (Phi) is 4.97. The van der Waals surface area contributed by atoms with E-state index >= 15 is 0 Å². The first-order valence-corrected chi connectivity index (χ1v) is 7.62. The summed E-state index contributed by atoms with van der Waals surface area (Å²) in [5.41, 5.74) is 5.62. The Balaban J connectivity index is 1.89. The first-order chi connectivity index (χ1) is 9.10. The van der Waals surface area contributed by atoms with E-state index in [-0.39, 0.29) is 0 Å². The second-order valence-corrected chi connectivity index (χ2v) is 6.45. The van der Waals surface area contributed by atoms with Crippen LogP contribution in [-0.2, 0) is 6.42 Å². The van der Waals surface area contributed by atoms with Crippen molar-refractivity contribution in [3.63, 3.8) is 0 Å². The van der Waals surface area contributed by atoms with Crippen molar-refractivity contribution in [1.29, 1.82) is 0 Å². The van der Waals surface area contributed by atoms with Gasteiger partial charge in [-0.2, -0.15) is 4.98 Å². The molecule has 1 unspecified atom stereocenters. The van der Waals surface area contributed by atoms with Crippen molar-refractivity contribution in [3.8, 4) is 0 Å². The smallest absolute Gasteiger partial charge is 0.226 e. The van der Waals surface area contributed by atoms with Crippen LogP contribution in [0.1, 0.15) is 64.1 Å². The summed E-state index contributed by atoms with van der Waals surface area (Å²) in [6, 6.07) is 0. The number of nitrogens with zero attached hydrogens (tertiary/aromatic N) is 2. The van der Waals surface area contributed by atoms with Crippen LogP contribution in [0.25, 0.3) is 0 Å². The van der Waals surface area contributed by atoms with Crippen molar-refractivity contribution < 1.29 is 4.52 Å². The minimum absolute atomic E-state index is 0.407. The van der Waals surface area contributed by atoms with Crippen molar-refractivity contribution in [1.82, 2.24) is 10.1 Å². The molecule has 0 aliphatic heterocycles. The molecule has 1 aliphatic carbocycles. The SMILES string of the molecule is CC(CN)Cc1nc(C2CCC(C(C)C)CC2)no1. The molecule has 4 heteroatoms. The summed E-state index contributed by atoms with van der Waals surface area (Å²) in [6.45, 7) is 7.42. The second kappa shape index (κ2) is 6.51. The van der Waals surface area contributed by atoms with Gasteiger partial charge in [0.05, 0.1) is 0 Å². The molecular formula is C15H27N3O. The highest BCUT2D eigenvalue weighted by molar-refractivity contribution is 4.98. The first-order valence-electron chi connectivity index (χ1n) is 7.62. The van der Waals surface area contributed by atoms with Crippen LogP contribution in [0.2, 0.25) is 0 Å². The van der Waals surface area contributed by atoms with Gasteiger partial charge in [0.25, 0.3) is 0 Å². The maximum atomic E-state index is 5.62. The Labute approximate surface area is 116 Å². The van der Waals surface area contributed by atoms with Gasteiger partial charge >= 0.3 is 0 Å². The van der Waals surface area contributed by atoms with Gasteiger partial charge in [-0.05, 0) is 50.0 Å². The Morgan fingerprint density at radius 3 is 2.47 bits per heavy atom. The highest BCUT2D eigenvalue weighted by Crippen LogP contribution is 2.37. The van der Waals surface area contributed by atoms with E-state index in [2.05, 4.69) is 30.9 Å². The molecule has 1 atom stereocenters. The topological polar surface area (TPSA) is 64.9 Å². The van der Waals surface area contributed by atoms with E-state index in [1.165, 1.54) is 25.7 Å². The van der Waals surface area contributed by atoms with Crippen LogP contribution in [0.15, 0.2) is 4.52 Å². The number of aromatic nitrogens is 2. The van der Waals surface area contributed by atoms with Crippen LogP contribution in [0, 0.1) is 17.8 Å². The summed E-state index contributed by atoms with van der Waals surface area (Å²) in [5.74, 6) is 4.25. The van der Waals surface area contributed by atoms with Crippen LogP contribution in [0.5, 0.6) is 0 Å². The molecule has 1 saturated carbocycles. The molecule has 0 radical (unpaired) electrons. The number of nitrogens with two attached hydrogens (primary N) is 1. The maximum absolute atomic E-state index is 5.62. The lowest BCUT2D eigenvalue weighted by molar-refractivity contribution is 0.251. The quantitative estimate of drug-likeness (QED) is 0.888. The maximum Gasteiger partial charge on any atom is 0.226 e. The highest BCUT2D eigenvalue weighted by Gasteiger charge is 2.27. The molecule has 4 nitrogen and oxygen atoms in total. The fraction of sp³-hybridized carbons (Fsp3) is 0.867. The van der Waals surface area contributed by atoms with Gasteiger partial charge in [0.15, 0.2) is 5.82 Å². The molecule has 2 N–H and O–H groups in total. The normalized spacial score (nSPS) is 25.7. The Morgan fingerprint density at radius 1 is 1.21 bits per heavy atom. The van der Waals surface area contributed by atoms with E-state index in [0.717, 1.165) is 30.0 Å². The molecule has 1 aliphatic rings. The van der Waals surface area contributed by atoms with E-state index < -0.39 is 0 Å². The molecule has 1 fully saturated rings. The molecule has 0 aromatic carbocycles. The summed E-state index contributed by atoms with van der Waals surface area (Å²) < 4.78 is 5.35. The Morgan fingerprint density at radius 2 is 1.89 bits per heavy atom. The lowest BCUT2D eigenvalue weighted by atomic mass is 9.77. The van der Waals surface area contributed by atoms with Crippen molar-refractivity contribution in [2.24, 2.45) is 23.5 Å². The van der Waals surface area contributed by atoms with Crippen molar-refractivity contribution >= 4 is 0 Å². The van der Waals surface area contributed by atoms with Gasteiger partial charge in [0, 0.05) is 12.3 Å². The van der Waals surface area contributed by atoms with Crippen molar-refractivity contribution in [3.05, 3.63) is 11.7 Å². The van der Waals surface area contributed by atoms with Gasteiger partial charge in [0.2, 0.25) is 5.89 Å².